The van der Waals surface area contributed by atoms with Crippen molar-refractivity contribution in [1.82, 2.24) is 0 Å². The second-order valence-electron chi connectivity index (χ2n) is 3.83. The molecule has 0 spiro atoms. The van der Waals surface area contributed by atoms with Gasteiger partial charge in [0, 0.05) is 17.3 Å². The highest BCUT2D eigenvalue weighted by molar-refractivity contribution is 7.92. The molecule has 0 saturated heterocycles. The number of benzene rings is 1. The zero-order chi connectivity index (χ0) is 14.9. The van der Waals surface area contributed by atoms with Crippen LogP contribution in [0.2, 0.25) is 5.02 Å². The lowest BCUT2D eigenvalue weighted by Crippen LogP contribution is -1.92. The topological polar surface area (TPSA) is 86.5 Å². The Kier molecular flexibility index (Phi) is 3.98. The van der Waals surface area contributed by atoms with Crippen LogP contribution in [0.25, 0.3) is 0 Å². The molecule has 1 aromatic carbocycles. The standard InChI is InChI=1S/C11H8ClNO5S2/c1-20(16,17)10-6-9(13(14)15)11(19-10)18-8-4-2-3-7(12)5-8/h2-6H,1H3. The van der Waals surface area contributed by atoms with E-state index in [1.165, 1.54) is 6.07 Å². The molecule has 0 unspecified atom stereocenters. The minimum absolute atomic E-state index is 0.0994. The van der Waals surface area contributed by atoms with Gasteiger partial charge in [-0.05, 0) is 18.2 Å². The van der Waals surface area contributed by atoms with Gasteiger partial charge in [-0.25, -0.2) is 8.42 Å². The molecule has 0 fully saturated rings. The molecule has 0 amide bonds. The summed E-state index contributed by atoms with van der Waals surface area (Å²) in [7, 11) is -3.53. The van der Waals surface area contributed by atoms with Gasteiger partial charge in [-0.15, -0.1) is 0 Å². The van der Waals surface area contributed by atoms with Gasteiger partial charge in [0.1, 0.15) is 9.96 Å². The van der Waals surface area contributed by atoms with Crippen molar-refractivity contribution in [2.75, 3.05) is 6.26 Å². The van der Waals surface area contributed by atoms with Gasteiger partial charge in [0.15, 0.2) is 9.84 Å². The predicted octanol–water partition coefficient (Wildman–Crippen LogP) is 3.51. The molecular weight excluding hydrogens is 326 g/mol. The van der Waals surface area contributed by atoms with Crippen LogP contribution in [0.4, 0.5) is 5.69 Å². The van der Waals surface area contributed by atoms with Crippen molar-refractivity contribution in [1.29, 1.82) is 0 Å². The highest BCUT2D eigenvalue weighted by Gasteiger charge is 2.25. The van der Waals surface area contributed by atoms with Gasteiger partial charge in [0.25, 0.3) is 5.06 Å². The van der Waals surface area contributed by atoms with E-state index in [1.54, 1.807) is 18.2 Å². The first-order chi connectivity index (χ1) is 9.27. The molecular formula is C11H8ClNO5S2. The number of nitro groups is 1. The van der Waals surface area contributed by atoms with Gasteiger partial charge >= 0.3 is 5.69 Å². The number of halogens is 1. The lowest BCUT2D eigenvalue weighted by molar-refractivity contribution is -0.385. The largest absolute Gasteiger partial charge is 0.440 e. The van der Waals surface area contributed by atoms with E-state index in [0.717, 1.165) is 12.3 Å². The highest BCUT2D eigenvalue weighted by Crippen LogP contribution is 2.41. The maximum Gasteiger partial charge on any atom is 0.324 e. The summed E-state index contributed by atoms with van der Waals surface area (Å²) >= 11 is 6.49. The van der Waals surface area contributed by atoms with Gasteiger partial charge in [0.05, 0.1) is 4.92 Å². The fourth-order valence-electron chi connectivity index (χ4n) is 1.36. The third-order valence-electron chi connectivity index (χ3n) is 2.23. The summed E-state index contributed by atoms with van der Waals surface area (Å²) in [5.74, 6) is 0.294. The van der Waals surface area contributed by atoms with E-state index in [4.69, 9.17) is 16.3 Å². The van der Waals surface area contributed by atoms with E-state index in [2.05, 4.69) is 0 Å². The van der Waals surface area contributed by atoms with E-state index in [0.29, 0.717) is 22.1 Å². The molecule has 1 aromatic heterocycles. The first kappa shape index (κ1) is 14.8. The molecule has 0 aliphatic heterocycles. The second kappa shape index (κ2) is 5.39. The molecule has 0 bridgehead atoms. The summed E-state index contributed by atoms with van der Waals surface area (Å²) in [6.07, 6.45) is 0.978. The first-order valence-electron chi connectivity index (χ1n) is 5.19. The average Bonchev–Trinajstić information content (AvgIpc) is 2.72. The number of hydrogen-bond donors (Lipinski definition) is 0. The van der Waals surface area contributed by atoms with E-state index < -0.39 is 20.4 Å². The van der Waals surface area contributed by atoms with Crippen molar-refractivity contribution in [3.63, 3.8) is 0 Å². The lowest BCUT2D eigenvalue weighted by atomic mass is 10.3. The Bertz CT molecular complexity index is 769. The molecule has 0 atom stereocenters. The third-order valence-corrected chi connectivity index (χ3v) is 5.26. The van der Waals surface area contributed by atoms with Crippen molar-refractivity contribution in [3.8, 4) is 10.8 Å². The molecule has 6 nitrogen and oxygen atoms in total. The maximum absolute atomic E-state index is 11.4. The highest BCUT2D eigenvalue weighted by atomic mass is 35.5. The summed E-state index contributed by atoms with van der Waals surface area (Å²) in [5, 5.41) is 11.2. The first-order valence-corrected chi connectivity index (χ1v) is 8.27. The summed E-state index contributed by atoms with van der Waals surface area (Å²) < 4.78 is 28.1. The van der Waals surface area contributed by atoms with Crippen LogP contribution < -0.4 is 4.74 Å². The number of ether oxygens (including phenoxy) is 1. The Hall–Kier alpha value is -1.64. The molecule has 0 radical (unpaired) electrons. The normalized spacial score (nSPS) is 11.3. The fraction of sp³-hybridized carbons (Fsp3) is 0.0909. The quantitative estimate of drug-likeness (QED) is 0.631. The summed E-state index contributed by atoms with van der Waals surface area (Å²) in [4.78, 5) is 10.2. The Labute approximate surface area is 123 Å². The van der Waals surface area contributed by atoms with Crippen LogP contribution in [0, 0.1) is 10.1 Å². The van der Waals surface area contributed by atoms with E-state index in [1.807, 2.05) is 0 Å². The summed E-state index contributed by atoms with van der Waals surface area (Å²) in [6, 6.07) is 7.27. The zero-order valence-electron chi connectivity index (χ0n) is 10.1. The van der Waals surface area contributed by atoms with Crippen LogP contribution >= 0.6 is 22.9 Å². The zero-order valence-corrected chi connectivity index (χ0v) is 12.5. The van der Waals surface area contributed by atoms with Crippen LogP contribution in [-0.4, -0.2) is 19.6 Å². The second-order valence-corrected chi connectivity index (χ2v) is 7.52. The number of sulfone groups is 1. The van der Waals surface area contributed by atoms with Crippen LogP contribution in [0.3, 0.4) is 0 Å². The molecule has 0 aliphatic carbocycles. The number of thiophene rings is 1. The Morgan fingerprint density at radius 1 is 1.35 bits per heavy atom. The van der Waals surface area contributed by atoms with Gasteiger partial charge in [-0.1, -0.05) is 29.0 Å². The lowest BCUT2D eigenvalue weighted by Gasteiger charge is -2.02. The van der Waals surface area contributed by atoms with Crippen molar-refractivity contribution < 1.29 is 18.1 Å². The fourth-order valence-corrected chi connectivity index (χ4v) is 3.43. The van der Waals surface area contributed by atoms with Crippen LogP contribution in [0.15, 0.2) is 34.5 Å². The summed E-state index contributed by atoms with van der Waals surface area (Å²) in [5.41, 5.74) is -0.393. The number of nitrogens with zero attached hydrogens (tertiary/aromatic N) is 1. The molecule has 2 aromatic rings. The van der Waals surface area contributed by atoms with Crippen molar-refractivity contribution in [2.24, 2.45) is 0 Å². The third kappa shape index (κ3) is 3.27. The Balaban J connectivity index is 2.45. The molecule has 2 rings (SSSR count). The molecule has 0 saturated carbocycles. The number of rotatable bonds is 4. The van der Waals surface area contributed by atoms with Gasteiger partial charge in [-0.2, -0.15) is 0 Å². The molecule has 0 N–H and O–H groups in total. The monoisotopic (exact) mass is 333 g/mol. The molecule has 106 valence electrons. The van der Waals surface area contributed by atoms with Crippen molar-refractivity contribution in [2.45, 2.75) is 4.21 Å². The van der Waals surface area contributed by atoms with E-state index in [9.17, 15) is 18.5 Å². The Morgan fingerprint density at radius 2 is 2.05 bits per heavy atom. The van der Waals surface area contributed by atoms with Crippen LogP contribution in [0.1, 0.15) is 0 Å². The maximum atomic E-state index is 11.4. The van der Waals surface area contributed by atoms with Crippen molar-refractivity contribution in [3.05, 3.63) is 45.5 Å². The van der Waals surface area contributed by atoms with Crippen LogP contribution in [0.5, 0.6) is 10.8 Å². The summed E-state index contributed by atoms with van der Waals surface area (Å²) in [6.45, 7) is 0. The smallest absolute Gasteiger partial charge is 0.324 e. The van der Waals surface area contributed by atoms with Gasteiger partial charge in [-0.3, -0.25) is 10.1 Å². The molecule has 0 aliphatic rings. The van der Waals surface area contributed by atoms with E-state index >= 15 is 0 Å². The van der Waals surface area contributed by atoms with Gasteiger partial charge in [0.2, 0.25) is 0 Å². The molecule has 9 heteroatoms. The van der Waals surface area contributed by atoms with Crippen molar-refractivity contribution >= 4 is 38.5 Å². The molecule has 20 heavy (non-hydrogen) atoms. The van der Waals surface area contributed by atoms with Gasteiger partial charge < -0.3 is 4.74 Å². The van der Waals surface area contributed by atoms with Crippen LogP contribution in [-0.2, 0) is 9.84 Å². The number of hydrogen-bond acceptors (Lipinski definition) is 6. The molecule has 1 heterocycles. The average molecular weight is 334 g/mol. The minimum Gasteiger partial charge on any atom is -0.440 e. The predicted molar refractivity (Wildman–Crippen MR) is 75.6 cm³/mol. The minimum atomic E-state index is -3.53. The van der Waals surface area contributed by atoms with E-state index in [-0.39, 0.29) is 9.27 Å². The Morgan fingerprint density at radius 3 is 2.60 bits per heavy atom. The SMILES string of the molecule is CS(=O)(=O)c1cc([N+](=O)[O-])c(Oc2cccc(Cl)c2)s1.